The molecule has 3 aliphatic carbocycles. The topological polar surface area (TPSA) is 55.1 Å². The van der Waals surface area contributed by atoms with Gasteiger partial charge in [0.1, 0.15) is 0 Å². The number of nitrogens with two attached hydrogens (primary N) is 1. The fourth-order valence-corrected chi connectivity index (χ4v) is 4.22. The van der Waals surface area contributed by atoms with Crippen LogP contribution in [0.5, 0.6) is 0 Å². The van der Waals surface area contributed by atoms with Crippen molar-refractivity contribution in [3.8, 4) is 0 Å². The third-order valence-electron chi connectivity index (χ3n) is 5.62. The Hall–Kier alpha value is -0.570. The zero-order chi connectivity index (χ0) is 12.6. The molecule has 0 aromatic carbocycles. The van der Waals surface area contributed by atoms with Gasteiger partial charge in [-0.05, 0) is 68.2 Å². The maximum Gasteiger partial charge on any atom is 0.220 e. The van der Waals surface area contributed by atoms with Crippen LogP contribution in [-0.2, 0) is 4.79 Å². The van der Waals surface area contributed by atoms with Crippen LogP contribution >= 0.6 is 0 Å². The highest BCUT2D eigenvalue weighted by Crippen LogP contribution is 2.50. The lowest BCUT2D eigenvalue weighted by atomic mass is 9.86. The minimum atomic E-state index is 0.288. The fraction of sp³-hybridized carbons (Fsp3) is 0.933. The first-order chi connectivity index (χ1) is 8.71. The van der Waals surface area contributed by atoms with Gasteiger partial charge < -0.3 is 11.1 Å². The molecule has 3 atom stereocenters. The van der Waals surface area contributed by atoms with E-state index in [0.29, 0.717) is 11.3 Å². The maximum atomic E-state index is 12.0. The molecule has 102 valence electrons. The number of carbonyl (C=O) groups is 1. The molecule has 3 N–H and O–H groups in total. The molecule has 3 heteroatoms. The Morgan fingerprint density at radius 2 is 2.11 bits per heavy atom. The highest BCUT2D eigenvalue weighted by atomic mass is 16.1. The van der Waals surface area contributed by atoms with Gasteiger partial charge in [-0.15, -0.1) is 0 Å². The van der Waals surface area contributed by atoms with E-state index in [9.17, 15) is 4.79 Å². The Kier molecular flexibility index (Phi) is 3.35. The molecule has 1 amide bonds. The van der Waals surface area contributed by atoms with E-state index in [0.717, 1.165) is 37.8 Å². The third kappa shape index (κ3) is 2.56. The van der Waals surface area contributed by atoms with E-state index in [4.69, 9.17) is 5.73 Å². The summed E-state index contributed by atoms with van der Waals surface area (Å²) < 4.78 is 0. The Morgan fingerprint density at radius 1 is 1.28 bits per heavy atom. The number of nitrogens with one attached hydrogen (secondary N) is 1. The molecular formula is C15H26N2O. The van der Waals surface area contributed by atoms with E-state index in [1.54, 1.807) is 0 Å². The van der Waals surface area contributed by atoms with Crippen LogP contribution in [0.4, 0.5) is 0 Å². The highest BCUT2D eigenvalue weighted by Gasteiger charge is 2.43. The van der Waals surface area contributed by atoms with Gasteiger partial charge in [-0.2, -0.15) is 0 Å². The molecular weight excluding hydrogens is 224 g/mol. The predicted octanol–water partition coefficient (Wildman–Crippen LogP) is 2.06. The average molecular weight is 250 g/mol. The standard InChI is InChI=1S/C15H26N2O/c16-6-5-15(3-4-15)10-17-14(18)9-13-8-11-1-2-12(13)7-11/h11-13H,1-10,16H2,(H,17,18). The SMILES string of the molecule is NCCC1(CNC(=O)CC2CC3CCC2C3)CC1. The lowest BCUT2D eigenvalue weighted by Gasteiger charge is -2.22. The van der Waals surface area contributed by atoms with Gasteiger partial charge in [0.25, 0.3) is 0 Å². The molecule has 3 fully saturated rings. The van der Waals surface area contributed by atoms with Gasteiger partial charge in [0, 0.05) is 13.0 Å². The van der Waals surface area contributed by atoms with Gasteiger partial charge in [0.05, 0.1) is 0 Å². The molecule has 0 spiro atoms. The van der Waals surface area contributed by atoms with Crippen molar-refractivity contribution in [2.75, 3.05) is 13.1 Å². The third-order valence-corrected chi connectivity index (χ3v) is 5.62. The number of amides is 1. The maximum absolute atomic E-state index is 12.0. The van der Waals surface area contributed by atoms with Crippen LogP contribution in [-0.4, -0.2) is 19.0 Å². The summed E-state index contributed by atoms with van der Waals surface area (Å²) >= 11 is 0. The monoisotopic (exact) mass is 250 g/mol. The largest absolute Gasteiger partial charge is 0.356 e. The molecule has 3 nitrogen and oxygen atoms in total. The number of hydrogen-bond acceptors (Lipinski definition) is 2. The quantitative estimate of drug-likeness (QED) is 0.758. The predicted molar refractivity (Wildman–Crippen MR) is 71.9 cm³/mol. The minimum absolute atomic E-state index is 0.288. The highest BCUT2D eigenvalue weighted by molar-refractivity contribution is 5.76. The molecule has 0 aromatic heterocycles. The number of fused-ring (bicyclic) bond motifs is 2. The Bertz CT molecular complexity index is 324. The fourth-order valence-electron chi connectivity index (χ4n) is 4.22. The van der Waals surface area contributed by atoms with Crippen LogP contribution in [0.3, 0.4) is 0 Å². The second-order valence-corrected chi connectivity index (χ2v) is 6.95. The molecule has 3 saturated carbocycles. The van der Waals surface area contributed by atoms with Crippen LogP contribution in [0, 0.1) is 23.2 Å². The first-order valence-corrected chi connectivity index (χ1v) is 7.67. The summed E-state index contributed by atoms with van der Waals surface area (Å²) in [7, 11) is 0. The number of hydrogen-bond donors (Lipinski definition) is 2. The van der Waals surface area contributed by atoms with Crippen LogP contribution in [0.1, 0.15) is 51.4 Å². The summed E-state index contributed by atoms with van der Waals surface area (Å²) in [5.41, 5.74) is 6.00. The van der Waals surface area contributed by atoms with Crippen molar-refractivity contribution in [2.45, 2.75) is 51.4 Å². The summed E-state index contributed by atoms with van der Waals surface area (Å²) in [4.78, 5) is 12.0. The summed E-state index contributed by atoms with van der Waals surface area (Å²) in [6.45, 7) is 1.62. The van der Waals surface area contributed by atoms with E-state index in [1.165, 1.54) is 38.5 Å². The molecule has 18 heavy (non-hydrogen) atoms. The normalized spacial score (nSPS) is 35.7. The first kappa shape index (κ1) is 12.5. The van der Waals surface area contributed by atoms with Gasteiger partial charge in [-0.1, -0.05) is 6.42 Å². The number of carbonyl (C=O) groups excluding carboxylic acids is 1. The lowest BCUT2D eigenvalue weighted by molar-refractivity contribution is -0.122. The lowest BCUT2D eigenvalue weighted by Crippen LogP contribution is -2.33. The van der Waals surface area contributed by atoms with Crippen molar-refractivity contribution in [1.82, 2.24) is 5.32 Å². The Morgan fingerprint density at radius 3 is 2.67 bits per heavy atom. The summed E-state index contributed by atoms with van der Waals surface area (Å²) in [5.74, 6) is 2.78. The summed E-state index contributed by atoms with van der Waals surface area (Å²) in [6, 6.07) is 0. The second-order valence-electron chi connectivity index (χ2n) is 6.95. The van der Waals surface area contributed by atoms with E-state index < -0.39 is 0 Å². The van der Waals surface area contributed by atoms with Gasteiger partial charge in [0.15, 0.2) is 0 Å². The molecule has 3 aliphatic rings. The zero-order valence-electron chi connectivity index (χ0n) is 11.3. The molecule has 2 bridgehead atoms. The van der Waals surface area contributed by atoms with E-state index in [2.05, 4.69) is 5.32 Å². The van der Waals surface area contributed by atoms with Gasteiger partial charge in [0.2, 0.25) is 5.91 Å². The molecule has 0 heterocycles. The Balaban J connectivity index is 1.40. The minimum Gasteiger partial charge on any atom is -0.356 e. The summed E-state index contributed by atoms with van der Waals surface area (Å²) in [5, 5.41) is 3.16. The summed E-state index contributed by atoms with van der Waals surface area (Å²) in [6.07, 6.45) is 9.85. The Labute approximate surface area is 110 Å². The molecule has 0 radical (unpaired) electrons. The van der Waals surface area contributed by atoms with Crippen LogP contribution < -0.4 is 11.1 Å². The van der Waals surface area contributed by atoms with Crippen LogP contribution in [0.2, 0.25) is 0 Å². The van der Waals surface area contributed by atoms with Crippen molar-refractivity contribution in [2.24, 2.45) is 28.9 Å². The van der Waals surface area contributed by atoms with Gasteiger partial charge >= 0.3 is 0 Å². The van der Waals surface area contributed by atoms with Crippen LogP contribution in [0.25, 0.3) is 0 Å². The zero-order valence-corrected chi connectivity index (χ0v) is 11.3. The average Bonchev–Trinajstić information content (AvgIpc) is 2.82. The van der Waals surface area contributed by atoms with Crippen molar-refractivity contribution in [3.63, 3.8) is 0 Å². The second kappa shape index (κ2) is 4.84. The van der Waals surface area contributed by atoms with Crippen molar-refractivity contribution in [1.29, 1.82) is 0 Å². The van der Waals surface area contributed by atoms with Crippen molar-refractivity contribution >= 4 is 5.91 Å². The van der Waals surface area contributed by atoms with Crippen LogP contribution in [0.15, 0.2) is 0 Å². The van der Waals surface area contributed by atoms with Gasteiger partial charge in [-0.25, -0.2) is 0 Å². The van der Waals surface area contributed by atoms with Crippen molar-refractivity contribution < 1.29 is 4.79 Å². The molecule has 3 rings (SSSR count). The first-order valence-electron chi connectivity index (χ1n) is 7.67. The molecule has 3 unspecified atom stereocenters. The molecule has 0 aromatic rings. The van der Waals surface area contributed by atoms with Crippen molar-refractivity contribution in [3.05, 3.63) is 0 Å². The van der Waals surface area contributed by atoms with Gasteiger partial charge in [-0.3, -0.25) is 4.79 Å². The van der Waals surface area contributed by atoms with E-state index in [-0.39, 0.29) is 5.91 Å². The van der Waals surface area contributed by atoms with E-state index >= 15 is 0 Å². The van der Waals surface area contributed by atoms with E-state index in [1.807, 2.05) is 0 Å². The smallest absolute Gasteiger partial charge is 0.220 e. The molecule has 0 saturated heterocycles. The number of rotatable bonds is 6. The molecule has 0 aliphatic heterocycles.